The molecule has 4 amide bonds. The van der Waals surface area contributed by atoms with Crippen LogP contribution in [0.4, 0.5) is 10.5 Å². The van der Waals surface area contributed by atoms with Crippen LogP contribution < -0.4 is 32.2 Å². The summed E-state index contributed by atoms with van der Waals surface area (Å²) in [5, 5.41) is 73.6. The Hall–Kier alpha value is -8.62. The van der Waals surface area contributed by atoms with Crippen molar-refractivity contribution in [1.29, 1.82) is 0 Å². The second-order valence-electron chi connectivity index (χ2n) is 23.1. The normalized spacial score (nSPS) is 19.5. The molecule has 8 unspecified atom stereocenters. The van der Waals surface area contributed by atoms with E-state index in [1.54, 1.807) is 35.1 Å². The average Bonchev–Trinajstić information content (AvgIpc) is 0.956. The van der Waals surface area contributed by atoms with E-state index in [1.807, 2.05) is 30.3 Å². The predicted octanol–water partition coefficient (Wildman–Crippen LogP) is 2.12. The highest BCUT2D eigenvalue weighted by Gasteiger charge is 2.54. The summed E-state index contributed by atoms with van der Waals surface area (Å²) in [6, 6.07) is 17.3. The number of hydrogen-bond donors (Lipinski definition) is 10. The van der Waals surface area contributed by atoms with Gasteiger partial charge in [-0.25, -0.2) is 9.48 Å². The van der Waals surface area contributed by atoms with Crippen molar-refractivity contribution >= 4 is 52.6 Å². The van der Waals surface area contributed by atoms with E-state index in [2.05, 4.69) is 26.3 Å². The number of carbonyl (C=O) groups is 8. The summed E-state index contributed by atoms with van der Waals surface area (Å²) in [7, 11) is 1.27. The van der Waals surface area contributed by atoms with Crippen molar-refractivity contribution in [2.24, 2.45) is 17.4 Å². The zero-order chi connectivity index (χ0) is 68.2. The number of nitrogens with one attached hydrogen (secondary N) is 3. The highest BCUT2D eigenvalue weighted by atomic mass is 16.7. The number of nitrogens with zero attached hydrogens (tertiary/aromatic N) is 3. The van der Waals surface area contributed by atoms with Crippen LogP contribution in [0.5, 0.6) is 17.2 Å². The molecule has 29 heteroatoms. The Kier molecular flexibility index (Phi) is 26.4. The molecule has 5 aromatic rings. The van der Waals surface area contributed by atoms with Gasteiger partial charge in [0, 0.05) is 54.3 Å². The van der Waals surface area contributed by atoms with E-state index in [0.717, 1.165) is 5.56 Å². The van der Waals surface area contributed by atoms with Crippen molar-refractivity contribution in [3.63, 3.8) is 0 Å². The summed E-state index contributed by atoms with van der Waals surface area (Å²) in [5.41, 5.74) is 8.37. The summed E-state index contributed by atoms with van der Waals surface area (Å²) in [5.74, 6) is -7.61. The lowest BCUT2D eigenvalue weighted by Crippen LogP contribution is -2.57. The third kappa shape index (κ3) is 18.7. The Morgan fingerprint density at radius 1 is 0.821 bits per heavy atom. The highest BCUT2D eigenvalue weighted by molar-refractivity contribution is 6.31. The standard InChI is InChI=1S/C66H82N8O21/c1-38-57(79)47(34-52(94-38)95-63-54-44(20-22-66(63,87)49(76)36-75)60(82)55-56(62(54)84)61(83)53-43(59(55)81)12-8-13-48(53)88-2)71-65(86)93-37-40-14-16-41(17-15-40)69-64(85)45(11-6-7-23-67)58(80)46(33-39-9-4-3-5-10-39)70-51(78)19-18-42-35-74(73-72-42)24-26-90-28-30-92-32-31-91-29-27-89-25-21-50(68)77/h3-5,8-10,12-17,35,38,45-47,52,57,63,75,79,82,84,87H,6-7,11,18-34,36-37,67H2,1-2H3,(H2,68,77)(H,69,85)(H,70,78)(H,71,86). The molecule has 0 bridgehead atoms. The number of unbranched alkanes of at least 4 members (excludes halogenated alkanes) is 1. The van der Waals surface area contributed by atoms with Crippen LogP contribution in [0, 0.1) is 5.92 Å². The molecule has 1 fully saturated rings. The van der Waals surface area contributed by atoms with Crippen LogP contribution in [0.3, 0.4) is 0 Å². The van der Waals surface area contributed by atoms with Crippen molar-refractivity contribution in [2.45, 2.75) is 127 Å². The lowest BCUT2D eigenvalue weighted by Gasteiger charge is -2.44. The second-order valence-corrected chi connectivity index (χ2v) is 23.1. The molecule has 29 nitrogen and oxygen atoms in total. The molecule has 0 radical (unpaired) electrons. The number of carbonyl (C=O) groups excluding carboxylic acids is 8. The van der Waals surface area contributed by atoms with E-state index in [4.69, 9.17) is 49.4 Å². The number of phenols is 2. The number of aliphatic hydroxyl groups is 3. The summed E-state index contributed by atoms with van der Waals surface area (Å²) < 4.78 is 46.5. The van der Waals surface area contributed by atoms with Gasteiger partial charge in [0.05, 0.1) is 113 Å². The molecule has 2 heterocycles. The van der Waals surface area contributed by atoms with Crippen LogP contribution in [0.15, 0.2) is 79.0 Å². The molecule has 4 aromatic carbocycles. The fraction of sp³-hybridized carbons (Fsp3) is 0.485. The number of ketones is 4. The molecule has 8 rings (SSSR count). The van der Waals surface area contributed by atoms with E-state index < -0.39 is 136 Å². The minimum absolute atomic E-state index is 0.0000819. The molecule has 1 aliphatic heterocycles. The van der Waals surface area contributed by atoms with Gasteiger partial charge < -0.3 is 90.8 Å². The first-order chi connectivity index (χ1) is 45.8. The molecule has 1 saturated heterocycles. The molecular weight excluding hydrogens is 1240 g/mol. The van der Waals surface area contributed by atoms with Crippen LogP contribution in [0.1, 0.15) is 118 Å². The second kappa shape index (κ2) is 34.7. The van der Waals surface area contributed by atoms with Crippen molar-refractivity contribution in [3.05, 3.63) is 129 Å². The number of fused-ring (bicyclic) bond motifs is 3. The van der Waals surface area contributed by atoms with Gasteiger partial charge in [-0.05, 0) is 74.9 Å². The van der Waals surface area contributed by atoms with Gasteiger partial charge in [-0.3, -0.25) is 33.6 Å². The van der Waals surface area contributed by atoms with E-state index in [9.17, 15) is 63.9 Å². The number of nitrogens with two attached hydrogens (primary N) is 2. The molecule has 3 aliphatic rings. The fourth-order valence-electron chi connectivity index (χ4n) is 11.5. The van der Waals surface area contributed by atoms with Crippen molar-refractivity contribution in [3.8, 4) is 17.2 Å². The van der Waals surface area contributed by atoms with E-state index >= 15 is 0 Å². The third-order valence-corrected chi connectivity index (χ3v) is 16.6. The SMILES string of the molecule is COc1cccc2c1C(=O)c1c(O)c3c(c(O)c1C2=O)CCC(O)(C(=O)CO)C3OC1CC(NC(=O)OCc2ccc(NC(=O)C(CCCCN)C(=O)C(Cc3ccccc3)NC(=O)CCc3cn(CCOCCOCCOCCOCCC(N)=O)nn3)cc2)C(O)C(C)O1. The number of benzene rings is 4. The Morgan fingerprint density at radius 2 is 1.51 bits per heavy atom. The quantitative estimate of drug-likeness (QED) is 0.0152. The van der Waals surface area contributed by atoms with Gasteiger partial charge in [0.15, 0.2) is 29.2 Å². The van der Waals surface area contributed by atoms with Crippen LogP contribution in [0.25, 0.3) is 0 Å². The molecule has 1 aromatic heterocycles. The number of aryl methyl sites for hydroxylation is 1. The van der Waals surface area contributed by atoms with Crippen LogP contribution in [-0.2, 0) is 89.5 Å². The van der Waals surface area contributed by atoms with Gasteiger partial charge in [-0.15, -0.1) is 5.10 Å². The Labute approximate surface area is 547 Å². The van der Waals surface area contributed by atoms with Crippen LogP contribution in [-0.4, -0.2) is 197 Å². The lowest BCUT2D eigenvalue weighted by molar-refractivity contribution is -0.266. The average molecular weight is 1320 g/mol. The third-order valence-electron chi connectivity index (χ3n) is 16.6. The van der Waals surface area contributed by atoms with E-state index in [0.29, 0.717) is 89.1 Å². The fourth-order valence-corrected chi connectivity index (χ4v) is 11.5. The van der Waals surface area contributed by atoms with Crippen LogP contribution >= 0.6 is 0 Å². The van der Waals surface area contributed by atoms with Gasteiger partial charge in [-0.2, -0.15) is 0 Å². The summed E-state index contributed by atoms with van der Waals surface area (Å²) in [6.07, 6.45) is -4.82. The number of rotatable bonds is 37. The number of ether oxygens (including phenoxy) is 8. The van der Waals surface area contributed by atoms with Gasteiger partial charge in [0.1, 0.15) is 42.7 Å². The number of aliphatic hydroxyl groups excluding tert-OH is 2. The zero-order valence-corrected chi connectivity index (χ0v) is 52.9. The molecule has 512 valence electrons. The van der Waals surface area contributed by atoms with E-state index in [-0.39, 0.29) is 80.6 Å². The maximum Gasteiger partial charge on any atom is 0.407 e. The van der Waals surface area contributed by atoms with Crippen molar-refractivity contribution in [2.75, 3.05) is 78.4 Å². The number of methoxy groups -OCH3 is 1. The number of alkyl carbamates (subject to hydrolysis) is 1. The lowest BCUT2D eigenvalue weighted by atomic mass is 9.71. The maximum atomic E-state index is 14.6. The number of hydrogen-bond acceptors (Lipinski definition) is 24. The number of amides is 4. The number of phenolic OH excluding ortho intramolecular Hbond substituents is 2. The highest BCUT2D eigenvalue weighted by Crippen LogP contribution is 2.53. The van der Waals surface area contributed by atoms with E-state index in [1.165, 1.54) is 32.2 Å². The number of primary amides is 1. The van der Waals surface area contributed by atoms with Gasteiger partial charge >= 0.3 is 6.09 Å². The molecule has 12 N–H and O–H groups in total. The monoisotopic (exact) mass is 1320 g/mol. The number of Topliss-reactive ketones (excluding diaryl/α,β-unsaturated/α-hetero) is 2. The molecule has 0 saturated carbocycles. The van der Waals surface area contributed by atoms with Crippen molar-refractivity contribution in [1.82, 2.24) is 25.6 Å². The molecule has 8 atom stereocenters. The Balaban J connectivity index is 0.839. The largest absolute Gasteiger partial charge is 0.507 e. The summed E-state index contributed by atoms with van der Waals surface area (Å²) >= 11 is 0. The predicted molar refractivity (Wildman–Crippen MR) is 335 cm³/mol. The molecule has 0 spiro atoms. The minimum atomic E-state index is -2.60. The number of anilines is 1. The summed E-state index contributed by atoms with van der Waals surface area (Å²) in [6.45, 7) is 3.41. The van der Waals surface area contributed by atoms with Crippen molar-refractivity contribution < 1.29 is 102 Å². The van der Waals surface area contributed by atoms with Gasteiger partial charge in [0.2, 0.25) is 23.5 Å². The topological polar surface area (TPSA) is 430 Å². The smallest absolute Gasteiger partial charge is 0.407 e. The Morgan fingerprint density at radius 3 is 2.18 bits per heavy atom. The zero-order valence-electron chi connectivity index (χ0n) is 52.9. The van der Waals surface area contributed by atoms with Crippen LogP contribution in [0.2, 0.25) is 0 Å². The summed E-state index contributed by atoms with van der Waals surface area (Å²) in [4.78, 5) is 108. The molecular formula is C66H82N8O21. The maximum absolute atomic E-state index is 14.6. The molecule has 2 aliphatic carbocycles. The first kappa shape index (κ1) is 72.2. The van der Waals surface area contributed by atoms with Gasteiger partial charge in [-0.1, -0.05) is 66.2 Å². The minimum Gasteiger partial charge on any atom is -0.507 e. The number of aromatic hydroxyl groups is 2. The van der Waals surface area contributed by atoms with Gasteiger partial charge in [0.25, 0.3) is 0 Å². The number of aromatic nitrogens is 3. The Bertz CT molecular complexity index is 3500. The molecule has 95 heavy (non-hydrogen) atoms. The first-order valence-corrected chi connectivity index (χ1v) is 31.4. The first-order valence-electron chi connectivity index (χ1n) is 31.4.